The molecule has 2 fully saturated rings. The van der Waals surface area contributed by atoms with Gasteiger partial charge in [0.15, 0.2) is 5.69 Å². The van der Waals surface area contributed by atoms with Crippen LogP contribution in [0.25, 0.3) is 10.9 Å². The maximum absolute atomic E-state index is 12.7. The number of unbranched alkanes of at least 4 members (excludes halogenated alkanes) is 1. The van der Waals surface area contributed by atoms with Gasteiger partial charge in [0.2, 0.25) is 0 Å². The normalized spacial score (nSPS) is 26.6. The van der Waals surface area contributed by atoms with E-state index in [0.29, 0.717) is 23.1 Å². The van der Waals surface area contributed by atoms with E-state index >= 15 is 0 Å². The molecule has 0 unspecified atom stereocenters. The first-order chi connectivity index (χ1) is 13.9. The lowest BCUT2D eigenvalue weighted by molar-refractivity contribution is 0.0493. The molecule has 0 radical (unpaired) electrons. The molecule has 1 aliphatic heterocycles. The van der Waals surface area contributed by atoms with Crippen molar-refractivity contribution < 1.29 is 9.53 Å². The van der Waals surface area contributed by atoms with Crippen molar-refractivity contribution in [2.24, 2.45) is 10.8 Å². The lowest BCUT2D eigenvalue weighted by Crippen LogP contribution is -2.38. The molecule has 2 atom stereocenters. The Morgan fingerprint density at radius 2 is 1.86 bits per heavy atom. The van der Waals surface area contributed by atoms with Crippen molar-refractivity contribution in [3.8, 4) is 0 Å². The number of rotatable bonds is 5. The Kier molecular flexibility index (Phi) is 5.62. The van der Waals surface area contributed by atoms with E-state index in [1.54, 1.807) is 0 Å². The summed E-state index contributed by atoms with van der Waals surface area (Å²) >= 11 is 3.61. The highest BCUT2D eigenvalue weighted by atomic mass is 79.9. The molecule has 1 aromatic heterocycles. The van der Waals surface area contributed by atoms with Crippen molar-refractivity contribution in [2.45, 2.75) is 59.3 Å². The fourth-order valence-electron chi connectivity index (χ4n) is 5.17. The van der Waals surface area contributed by atoms with Gasteiger partial charge in [-0.2, -0.15) is 0 Å². The third-order valence-corrected chi connectivity index (χ3v) is 7.77. The molecule has 2 aliphatic rings. The average molecular weight is 459 g/mol. The minimum Gasteiger partial charge on any atom is -0.461 e. The van der Waals surface area contributed by atoms with E-state index in [2.05, 4.69) is 52.7 Å². The Labute approximate surface area is 182 Å². The van der Waals surface area contributed by atoms with Crippen molar-refractivity contribution >= 4 is 38.5 Å². The number of hydrogen-bond donors (Lipinski definition) is 0. The second-order valence-corrected chi connectivity index (χ2v) is 10.3. The van der Waals surface area contributed by atoms with Crippen molar-refractivity contribution in [3.63, 3.8) is 0 Å². The molecular weight excluding hydrogens is 428 g/mol. The summed E-state index contributed by atoms with van der Waals surface area (Å²) in [7, 11) is 0. The fraction of sp³-hybridized carbons (Fsp3) is 0.583. The van der Waals surface area contributed by atoms with Crippen LogP contribution in [-0.4, -0.2) is 30.6 Å². The van der Waals surface area contributed by atoms with Crippen LogP contribution in [-0.2, 0) is 4.74 Å². The molecule has 0 spiro atoms. The van der Waals surface area contributed by atoms with E-state index in [1.807, 2.05) is 18.2 Å². The molecule has 4 rings (SSSR count). The van der Waals surface area contributed by atoms with Crippen LogP contribution in [0.5, 0.6) is 0 Å². The molecule has 29 heavy (non-hydrogen) atoms. The summed E-state index contributed by atoms with van der Waals surface area (Å²) < 4.78 is 6.49. The molecule has 2 heterocycles. The summed E-state index contributed by atoms with van der Waals surface area (Å²) in [6, 6.07) is 8.04. The third kappa shape index (κ3) is 3.78. The number of ether oxygens (including phenoxy) is 1. The van der Waals surface area contributed by atoms with Gasteiger partial charge >= 0.3 is 5.97 Å². The summed E-state index contributed by atoms with van der Waals surface area (Å²) in [5.41, 5.74) is 2.99. The van der Waals surface area contributed by atoms with Crippen molar-refractivity contribution in [1.82, 2.24) is 4.98 Å². The number of halogens is 1. The van der Waals surface area contributed by atoms with Crippen LogP contribution >= 0.6 is 15.9 Å². The topological polar surface area (TPSA) is 42.4 Å². The van der Waals surface area contributed by atoms with E-state index in [9.17, 15) is 4.79 Å². The van der Waals surface area contributed by atoms with Gasteiger partial charge in [0, 0.05) is 28.6 Å². The van der Waals surface area contributed by atoms with Gasteiger partial charge in [-0.3, -0.25) is 0 Å². The smallest absolute Gasteiger partial charge is 0.357 e. The zero-order valence-electron chi connectivity index (χ0n) is 17.8. The fourth-order valence-corrected chi connectivity index (χ4v) is 5.53. The van der Waals surface area contributed by atoms with Crippen molar-refractivity contribution in [1.29, 1.82) is 0 Å². The second-order valence-electron chi connectivity index (χ2n) is 9.36. The highest BCUT2D eigenvalue weighted by Gasteiger charge is 2.52. The third-order valence-electron chi connectivity index (χ3n) is 7.27. The van der Waals surface area contributed by atoms with Crippen LogP contribution in [0.3, 0.4) is 0 Å². The minimum atomic E-state index is -0.321. The predicted octanol–water partition coefficient (Wildman–Crippen LogP) is 6.36. The van der Waals surface area contributed by atoms with E-state index in [1.165, 1.54) is 25.7 Å². The number of esters is 1. The number of pyridine rings is 1. The number of benzene rings is 1. The number of nitrogens with zero attached hydrogens (tertiary/aromatic N) is 2. The van der Waals surface area contributed by atoms with E-state index in [0.717, 1.165) is 47.0 Å². The number of carbonyl (C=O) groups is 1. The van der Waals surface area contributed by atoms with E-state index in [4.69, 9.17) is 4.74 Å². The first-order valence-corrected chi connectivity index (χ1v) is 11.7. The standard InChI is InChI=1S/C24H31BrN2O2/c1-4-5-12-29-22(28)20-14-21(18-13-17(25)8-9-19(18)26-20)27-15-23(2)10-6-7-11-24(23,3)16-27/h8-9,13-14H,4-7,10-12,15-16H2,1-3H3/t23-,24+. The lowest BCUT2D eigenvalue weighted by atomic mass is 9.60. The zero-order valence-corrected chi connectivity index (χ0v) is 19.3. The van der Waals surface area contributed by atoms with Crippen LogP contribution in [0.2, 0.25) is 0 Å². The Morgan fingerprint density at radius 3 is 2.52 bits per heavy atom. The molecule has 1 aliphatic carbocycles. The summed E-state index contributed by atoms with van der Waals surface area (Å²) in [6.07, 6.45) is 7.07. The number of anilines is 1. The molecule has 1 saturated carbocycles. The van der Waals surface area contributed by atoms with Crippen LogP contribution < -0.4 is 4.90 Å². The molecule has 156 valence electrons. The van der Waals surface area contributed by atoms with Gasteiger partial charge in [-0.25, -0.2) is 9.78 Å². The van der Waals surface area contributed by atoms with Gasteiger partial charge in [0.05, 0.1) is 12.1 Å². The lowest BCUT2D eigenvalue weighted by Gasteiger charge is -2.43. The average Bonchev–Trinajstić information content (AvgIpc) is 2.98. The monoisotopic (exact) mass is 458 g/mol. The van der Waals surface area contributed by atoms with Gasteiger partial charge in [-0.1, -0.05) is 56.0 Å². The first kappa shape index (κ1) is 20.6. The molecule has 0 amide bonds. The summed E-state index contributed by atoms with van der Waals surface area (Å²) in [5.74, 6) is -0.321. The zero-order chi connectivity index (χ0) is 20.6. The maximum Gasteiger partial charge on any atom is 0.357 e. The summed E-state index contributed by atoms with van der Waals surface area (Å²) in [5, 5.41) is 1.09. The highest BCUT2D eigenvalue weighted by Crippen LogP contribution is 2.56. The Balaban J connectivity index is 1.74. The highest BCUT2D eigenvalue weighted by molar-refractivity contribution is 9.10. The van der Waals surface area contributed by atoms with Crippen molar-refractivity contribution in [2.75, 3.05) is 24.6 Å². The Bertz CT molecular complexity index is 910. The van der Waals surface area contributed by atoms with Crippen LogP contribution in [0.1, 0.15) is 69.8 Å². The SMILES string of the molecule is CCCCOC(=O)c1cc(N2C[C@]3(C)CCCC[C@]3(C)C2)c2cc(Br)ccc2n1. The second kappa shape index (κ2) is 7.90. The van der Waals surface area contributed by atoms with E-state index < -0.39 is 0 Å². The van der Waals surface area contributed by atoms with Gasteiger partial charge in [-0.15, -0.1) is 0 Å². The van der Waals surface area contributed by atoms with Crippen LogP contribution in [0.4, 0.5) is 5.69 Å². The molecule has 2 aromatic rings. The first-order valence-electron chi connectivity index (χ1n) is 10.9. The number of carbonyl (C=O) groups excluding carboxylic acids is 1. The molecule has 0 N–H and O–H groups in total. The van der Waals surface area contributed by atoms with Crippen LogP contribution in [0.15, 0.2) is 28.7 Å². The van der Waals surface area contributed by atoms with E-state index in [-0.39, 0.29) is 5.97 Å². The predicted molar refractivity (Wildman–Crippen MR) is 122 cm³/mol. The molecule has 5 heteroatoms. The van der Waals surface area contributed by atoms with Gasteiger partial charge in [0.25, 0.3) is 0 Å². The Hall–Kier alpha value is -1.62. The van der Waals surface area contributed by atoms with Gasteiger partial charge in [0.1, 0.15) is 0 Å². The van der Waals surface area contributed by atoms with Gasteiger partial charge < -0.3 is 9.64 Å². The summed E-state index contributed by atoms with van der Waals surface area (Å²) in [4.78, 5) is 19.8. The summed E-state index contributed by atoms with van der Waals surface area (Å²) in [6.45, 7) is 9.49. The Morgan fingerprint density at radius 1 is 1.17 bits per heavy atom. The molecular formula is C24H31BrN2O2. The number of fused-ring (bicyclic) bond motifs is 2. The van der Waals surface area contributed by atoms with Gasteiger partial charge in [-0.05, 0) is 54.4 Å². The van der Waals surface area contributed by atoms with Crippen LogP contribution in [0, 0.1) is 10.8 Å². The minimum absolute atomic E-state index is 0.314. The largest absolute Gasteiger partial charge is 0.461 e. The molecule has 1 aromatic carbocycles. The van der Waals surface area contributed by atoms with Crippen molar-refractivity contribution in [3.05, 3.63) is 34.4 Å². The molecule has 0 bridgehead atoms. The number of aromatic nitrogens is 1. The molecule has 1 saturated heterocycles. The number of hydrogen-bond acceptors (Lipinski definition) is 4. The quantitative estimate of drug-likeness (QED) is 0.385. The molecule has 4 nitrogen and oxygen atoms in total. The maximum atomic E-state index is 12.7.